The van der Waals surface area contributed by atoms with E-state index in [9.17, 15) is 0 Å². The Kier molecular flexibility index (Phi) is 7.43. The van der Waals surface area contributed by atoms with Crippen LogP contribution in [0.1, 0.15) is 30.4 Å². The topological polar surface area (TPSA) is 0 Å². The Morgan fingerprint density at radius 3 is 2.50 bits per heavy atom. The van der Waals surface area contributed by atoms with Gasteiger partial charge in [0.25, 0.3) is 0 Å². The number of halogens is 2. The predicted octanol–water partition coefficient (Wildman–Crippen LogP) is -2.91. The molecule has 3 heteroatoms. The van der Waals surface area contributed by atoms with E-state index in [2.05, 4.69) is 37.3 Å². The molecule has 1 aromatic rings. The van der Waals surface area contributed by atoms with E-state index in [1.807, 2.05) is 0 Å². The van der Waals surface area contributed by atoms with Gasteiger partial charge in [0.15, 0.2) is 0 Å². The molecule has 0 radical (unpaired) electrons. The largest absolute Gasteiger partial charge is 1.00 e. The van der Waals surface area contributed by atoms with Crippen molar-refractivity contribution >= 4 is 6.08 Å². The van der Waals surface area contributed by atoms with Gasteiger partial charge in [-0.1, -0.05) is 0 Å². The van der Waals surface area contributed by atoms with Gasteiger partial charge in [-0.25, -0.2) is 0 Å². The van der Waals surface area contributed by atoms with Crippen LogP contribution in [-0.4, -0.2) is 0 Å². The monoisotopic (exact) mass is 487 g/mol. The second-order valence-electron chi connectivity index (χ2n) is 3.19. The number of rotatable bonds is 1. The van der Waals surface area contributed by atoms with Crippen molar-refractivity contribution in [3.63, 3.8) is 0 Å². The molecule has 0 nitrogen and oxygen atoms in total. The Bertz CT molecular complexity index is 334. The molecule has 0 fully saturated rings. The third-order valence-electron chi connectivity index (χ3n) is 2.47. The summed E-state index contributed by atoms with van der Waals surface area (Å²) < 4.78 is 1.60. The number of hydrogen-bond donors (Lipinski definition) is 0. The van der Waals surface area contributed by atoms with Gasteiger partial charge >= 0.3 is 88.7 Å². The van der Waals surface area contributed by atoms with Crippen LogP contribution in [0.4, 0.5) is 0 Å². The second kappa shape index (κ2) is 6.79. The summed E-state index contributed by atoms with van der Waals surface area (Å²) in [6, 6.07) is 8.74. The van der Waals surface area contributed by atoms with Crippen LogP contribution in [0.2, 0.25) is 0 Å². The fourth-order valence-corrected chi connectivity index (χ4v) is 3.10. The number of benzene rings is 1. The Morgan fingerprint density at radius 2 is 1.86 bits per heavy atom. The zero-order valence-corrected chi connectivity index (χ0v) is 14.7. The normalized spacial score (nSPS) is 17.6. The standard InChI is InChI=1S/C11H11.2HI.Zr/c1-2-9-7-8-10-5-3-4-6-11(9)10;;;/h3-6,8-9H,2H2,1H3;2*1H;/q;;;+2/p-2. The minimum absolute atomic E-state index is 0. The van der Waals surface area contributed by atoms with E-state index in [4.69, 9.17) is 0 Å². The molecule has 0 N–H and O–H groups in total. The molecule has 0 aliphatic heterocycles. The molecule has 0 aromatic heterocycles. The van der Waals surface area contributed by atoms with Gasteiger partial charge < -0.3 is 48.0 Å². The maximum Gasteiger partial charge on any atom is -1.00 e. The number of fused-ring (bicyclic) bond motifs is 1. The number of allylic oxidation sites excluding steroid dienone is 1. The molecule has 0 saturated heterocycles. The number of hydrogen-bond acceptors (Lipinski definition) is 0. The van der Waals surface area contributed by atoms with E-state index < -0.39 is 0 Å². The van der Waals surface area contributed by atoms with E-state index in [-0.39, 0.29) is 48.0 Å². The molecule has 73 valence electrons. The first-order chi connectivity index (χ1) is 5.83. The third-order valence-corrected chi connectivity index (χ3v) is 3.68. The maximum absolute atomic E-state index is 2.35. The maximum atomic E-state index is 2.35. The first-order valence-corrected chi connectivity index (χ1v) is 5.58. The quantitative estimate of drug-likeness (QED) is 0.373. The Labute approximate surface area is 135 Å². The van der Waals surface area contributed by atoms with Gasteiger partial charge in [-0.2, -0.15) is 0 Å². The van der Waals surface area contributed by atoms with Crippen molar-refractivity contribution in [2.45, 2.75) is 19.3 Å². The van der Waals surface area contributed by atoms with E-state index in [1.54, 1.807) is 28.0 Å². The Morgan fingerprint density at radius 1 is 1.21 bits per heavy atom. The van der Waals surface area contributed by atoms with Gasteiger partial charge in [-0.05, 0) is 0 Å². The van der Waals surface area contributed by atoms with Crippen molar-refractivity contribution in [2.75, 3.05) is 0 Å². The summed E-state index contributed by atoms with van der Waals surface area (Å²) in [5.74, 6) is 0.722. The van der Waals surface area contributed by atoms with Crippen LogP contribution in [0, 0.1) is 0 Å². The summed E-state index contributed by atoms with van der Waals surface area (Å²) in [5, 5.41) is 0. The van der Waals surface area contributed by atoms with E-state index in [0.29, 0.717) is 0 Å². The molecule has 1 aliphatic carbocycles. The minimum atomic E-state index is 0. The van der Waals surface area contributed by atoms with Crippen LogP contribution in [0.3, 0.4) is 0 Å². The van der Waals surface area contributed by atoms with Crippen LogP contribution in [0.15, 0.2) is 27.5 Å². The molecule has 1 atom stereocenters. The van der Waals surface area contributed by atoms with Gasteiger partial charge in [-0.15, -0.1) is 0 Å². The molecule has 14 heavy (non-hydrogen) atoms. The van der Waals surface area contributed by atoms with Crippen molar-refractivity contribution in [1.82, 2.24) is 0 Å². The summed E-state index contributed by atoms with van der Waals surface area (Å²) >= 11 is 1.57. The molecule has 0 bridgehead atoms. The molecule has 0 amide bonds. The molecular formula is C11H11I2Zr. The van der Waals surface area contributed by atoms with Gasteiger partial charge in [-0.3, -0.25) is 0 Å². The summed E-state index contributed by atoms with van der Waals surface area (Å²) in [4.78, 5) is 0. The molecule has 0 spiro atoms. The molecule has 0 heterocycles. The predicted molar refractivity (Wildman–Crippen MR) is 47.5 cm³/mol. The second-order valence-corrected chi connectivity index (χ2v) is 4.61. The fraction of sp³-hybridized carbons (Fsp3) is 0.273. The van der Waals surface area contributed by atoms with Gasteiger partial charge in [0, 0.05) is 0 Å². The molecule has 0 saturated carbocycles. The van der Waals surface area contributed by atoms with E-state index in [0.717, 1.165) is 5.92 Å². The van der Waals surface area contributed by atoms with Crippen molar-refractivity contribution < 1.29 is 72.7 Å². The van der Waals surface area contributed by atoms with Crippen LogP contribution in [0.5, 0.6) is 0 Å². The first kappa shape index (κ1) is 15.3. The smallest absolute Gasteiger partial charge is 1.00 e. The zero-order valence-electron chi connectivity index (χ0n) is 7.93. The minimum Gasteiger partial charge on any atom is -1.00 e. The molecular weight excluding hydrogens is 477 g/mol. The SMILES string of the molecule is CCC1[C]([Zr+2])=Cc2ccccc21.[I-].[I-]. The van der Waals surface area contributed by atoms with Crippen LogP contribution < -0.4 is 48.0 Å². The summed E-state index contributed by atoms with van der Waals surface area (Å²) in [6.45, 7) is 2.27. The molecule has 1 unspecified atom stereocenters. The van der Waals surface area contributed by atoms with E-state index in [1.165, 1.54) is 17.5 Å². The third kappa shape index (κ3) is 2.91. The van der Waals surface area contributed by atoms with Crippen LogP contribution in [-0.2, 0) is 24.7 Å². The first-order valence-electron chi connectivity index (χ1n) is 4.35. The van der Waals surface area contributed by atoms with Crippen LogP contribution >= 0.6 is 0 Å². The average molecular weight is 488 g/mol. The summed E-state index contributed by atoms with van der Waals surface area (Å²) in [7, 11) is 0. The average Bonchev–Trinajstić information content (AvgIpc) is 2.40. The molecule has 1 aromatic carbocycles. The fourth-order valence-electron chi connectivity index (χ4n) is 1.84. The van der Waals surface area contributed by atoms with Gasteiger partial charge in [0.2, 0.25) is 0 Å². The summed E-state index contributed by atoms with van der Waals surface area (Å²) in [5.41, 5.74) is 2.97. The molecule has 1 aliphatic rings. The Balaban J connectivity index is 0.000000845. The van der Waals surface area contributed by atoms with Crippen molar-refractivity contribution in [3.05, 3.63) is 38.7 Å². The van der Waals surface area contributed by atoms with Crippen LogP contribution in [0.25, 0.3) is 6.08 Å². The van der Waals surface area contributed by atoms with Crippen molar-refractivity contribution in [1.29, 1.82) is 0 Å². The van der Waals surface area contributed by atoms with E-state index >= 15 is 0 Å². The molecule has 2 rings (SSSR count). The zero-order chi connectivity index (χ0) is 8.55. The summed E-state index contributed by atoms with van der Waals surface area (Å²) in [6.07, 6.45) is 3.59. The van der Waals surface area contributed by atoms with Crippen molar-refractivity contribution in [3.8, 4) is 0 Å². The van der Waals surface area contributed by atoms with Gasteiger partial charge in [0.05, 0.1) is 0 Å². The van der Waals surface area contributed by atoms with Gasteiger partial charge in [0.1, 0.15) is 0 Å². The van der Waals surface area contributed by atoms with Crippen molar-refractivity contribution in [2.24, 2.45) is 0 Å². The Hall–Kier alpha value is 1.30.